The zero-order valence-electron chi connectivity index (χ0n) is 11.8. The summed E-state index contributed by atoms with van der Waals surface area (Å²) in [6, 6.07) is 6.86. The van der Waals surface area contributed by atoms with E-state index in [9.17, 15) is 19.8 Å². The molecular weight excluding hydrogens is 308 g/mol. The fraction of sp³-hybridized carbons (Fsp3) is 0.200. The number of phenolic OH excluding ortho intramolecular Hbond substituents is 1. The highest BCUT2D eigenvalue weighted by atomic mass is 35.5. The molecule has 2 aromatic rings. The highest BCUT2D eigenvalue weighted by Gasteiger charge is 2.09. The Morgan fingerprint density at radius 2 is 2.00 bits per heavy atom. The van der Waals surface area contributed by atoms with Gasteiger partial charge in [0.25, 0.3) is 5.56 Å². The van der Waals surface area contributed by atoms with E-state index in [1.807, 2.05) is 0 Å². The Hall–Kier alpha value is -2.47. The third kappa shape index (κ3) is 3.79. The molecule has 1 aromatic carbocycles. The second kappa shape index (κ2) is 6.53. The molecule has 1 amide bonds. The number of phenols is 1. The van der Waals surface area contributed by atoms with Crippen molar-refractivity contribution in [1.29, 1.82) is 0 Å². The van der Waals surface area contributed by atoms with Gasteiger partial charge >= 0.3 is 0 Å². The van der Waals surface area contributed by atoms with Crippen LogP contribution in [-0.2, 0) is 11.3 Å². The van der Waals surface area contributed by atoms with Crippen molar-refractivity contribution in [1.82, 2.24) is 4.57 Å². The number of rotatable bonds is 4. The van der Waals surface area contributed by atoms with Crippen LogP contribution in [0, 0.1) is 6.92 Å². The Kier molecular flexibility index (Phi) is 4.72. The molecular formula is C15H15ClN2O4. The standard InChI is InChI=1S/C15H15ClN2O4/c1-9-6-11(19)8-15(22)18(9)5-4-14(21)17-12-7-10(16)2-3-13(12)20/h2-3,6-8,19-20H,4-5H2,1H3,(H,17,21). The Balaban J connectivity index is 2.05. The van der Waals surface area contributed by atoms with Gasteiger partial charge in [0.2, 0.25) is 5.91 Å². The van der Waals surface area contributed by atoms with Gasteiger partial charge < -0.3 is 20.1 Å². The van der Waals surface area contributed by atoms with Crippen LogP contribution in [0.2, 0.25) is 5.02 Å². The topological polar surface area (TPSA) is 91.6 Å². The van der Waals surface area contributed by atoms with Crippen molar-refractivity contribution < 1.29 is 15.0 Å². The summed E-state index contributed by atoms with van der Waals surface area (Å²) >= 11 is 5.80. The van der Waals surface area contributed by atoms with Gasteiger partial charge in [-0.3, -0.25) is 9.59 Å². The van der Waals surface area contributed by atoms with E-state index in [-0.39, 0.29) is 41.6 Å². The van der Waals surface area contributed by atoms with Crippen molar-refractivity contribution >= 4 is 23.2 Å². The maximum absolute atomic E-state index is 11.9. The first-order valence-electron chi connectivity index (χ1n) is 6.55. The molecule has 0 fully saturated rings. The van der Waals surface area contributed by atoms with Crippen molar-refractivity contribution in [2.75, 3.05) is 5.32 Å². The van der Waals surface area contributed by atoms with Crippen LogP contribution in [0.5, 0.6) is 11.5 Å². The van der Waals surface area contributed by atoms with Crippen molar-refractivity contribution in [2.24, 2.45) is 0 Å². The molecule has 0 spiro atoms. The Bertz CT molecular complexity index is 771. The number of benzene rings is 1. The van der Waals surface area contributed by atoms with Gasteiger partial charge in [0.1, 0.15) is 11.5 Å². The maximum atomic E-state index is 11.9. The van der Waals surface area contributed by atoms with Crippen molar-refractivity contribution in [3.05, 3.63) is 51.4 Å². The largest absolute Gasteiger partial charge is 0.508 e. The number of halogens is 1. The summed E-state index contributed by atoms with van der Waals surface area (Å²) in [6.45, 7) is 1.83. The second-order valence-corrected chi connectivity index (χ2v) is 5.24. The fourth-order valence-electron chi connectivity index (χ4n) is 2.03. The second-order valence-electron chi connectivity index (χ2n) is 4.80. The Labute approximate surface area is 131 Å². The molecule has 0 aliphatic carbocycles. The minimum atomic E-state index is -0.379. The molecule has 22 heavy (non-hydrogen) atoms. The normalized spacial score (nSPS) is 10.5. The molecule has 3 N–H and O–H groups in total. The summed E-state index contributed by atoms with van der Waals surface area (Å²) < 4.78 is 1.39. The van der Waals surface area contributed by atoms with Crippen LogP contribution in [0.25, 0.3) is 0 Å². The van der Waals surface area contributed by atoms with E-state index >= 15 is 0 Å². The summed E-state index contributed by atoms with van der Waals surface area (Å²) in [5.41, 5.74) is 0.395. The number of nitrogens with one attached hydrogen (secondary N) is 1. The predicted molar refractivity (Wildman–Crippen MR) is 83.5 cm³/mol. The number of hydrogen-bond donors (Lipinski definition) is 3. The number of hydrogen-bond acceptors (Lipinski definition) is 4. The van der Waals surface area contributed by atoms with E-state index in [0.29, 0.717) is 10.7 Å². The molecule has 0 aliphatic heterocycles. The molecule has 1 heterocycles. The molecule has 0 aliphatic rings. The first-order valence-corrected chi connectivity index (χ1v) is 6.93. The van der Waals surface area contributed by atoms with E-state index in [4.69, 9.17) is 11.6 Å². The minimum absolute atomic E-state index is 0.0392. The third-order valence-corrected chi connectivity index (χ3v) is 3.35. The lowest BCUT2D eigenvalue weighted by Gasteiger charge is -2.11. The number of amides is 1. The van der Waals surface area contributed by atoms with Crippen LogP contribution in [0.15, 0.2) is 35.1 Å². The summed E-state index contributed by atoms with van der Waals surface area (Å²) in [5, 5.41) is 21.9. The first kappa shape index (κ1) is 15.9. The lowest BCUT2D eigenvalue weighted by Crippen LogP contribution is -2.24. The average molecular weight is 323 g/mol. The summed E-state index contributed by atoms with van der Waals surface area (Å²) in [7, 11) is 0. The highest BCUT2D eigenvalue weighted by Crippen LogP contribution is 2.26. The highest BCUT2D eigenvalue weighted by molar-refractivity contribution is 6.31. The number of nitrogens with zero attached hydrogens (tertiary/aromatic N) is 1. The van der Waals surface area contributed by atoms with Crippen molar-refractivity contribution in [2.45, 2.75) is 19.9 Å². The summed E-state index contributed by atoms with van der Waals surface area (Å²) in [6.07, 6.45) is 0.0392. The van der Waals surface area contributed by atoms with Gasteiger partial charge in [0, 0.05) is 29.7 Å². The summed E-state index contributed by atoms with van der Waals surface area (Å²) in [5.74, 6) is -0.556. The van der Waals surface area contributed by atoms with E-state index < -0.39 is 0 Å². The molecule has 7 heteroatoms. The van der Waals surface area contributed by atoms with Crippen LogP contribution < -0.4 is 10.9 Å². The molecule has 0 saturated heterocycles. The zero-order chi connectivity index (χ0) is 16.3. The molecule has 116 valence electrons. The van der Waals surface area contributed by atoms with Crippen LogP contribution in [-0.4, -0.2) is 20.7 Å². The lowest BCUT2D eigenvalue weighted by molar-refractivity contribution is -0.116. The number of aromatic nitrogens is 1. The molecule has 0 radical (unpaired) electrons. The average Bonchev–Trinajstić information content (AvgIpc) is 2.41. The maximum Gasteiger partial charge on any atom is 0.254 e. The molecule has 0 saturated carbocycles. The number of anilines is 1. The molecule has 0 atom stereocenters. The van der Waals surface area contributed by atoms with Crippen molar-refractivity contribution in [3.63, 3.8) is 0 Å². The zero-order valence-corrected chi connectivity index (χ0v) is 12.6. The van der Waals surface area contributed by atoms with Crippen LogP contribution in [0.3, 0.4) is 0 Å². The van der Waals surface area contributed by atoms with E-state index in [1.54, 1.807) is 6.92 Å². The molecule has 0 bridgehead atoms. The van der Waals surface area contributed by atoms with Gasteiger partial charge in [-0.15, -0.1) is 0 Å². The Morgan fingerprint density at radius 1 is 1.27 bits per heavy atom. The van der Waals surface area contributed by atoms with Crippen LogP contribution in [0.4, 0.5) is 5.69 Å². The monoisotopic (exact) mass is 322 g/mol. The number of pyridine rings is 1. The quantitative estimate of drug-likeness (QED) is 0.753. The molecule has 2 rings (SSSR count). The smallest absolute Gasteiger partial charge is 0.254 e. The van der Waals surface area contributed by atoms with Gasteiger partial charge in [0.05, 0.1) is 5.69 Å². The SMILES string of the molecule is Cc1cc(O)cc(=O)n1CCC(=O)Nc1cc(Cl)ccc1O. The third-order valence-electron chi connectivity index (χ3n) is 3.12. The van der Waals surface area contributed by atoms with Gasteiger partial charge in [-0.05, 0) is 31.2 Å². The van der Waals surface area contributed by atoms with Gasteiger partial charge in [-0.25, -0.2) is 0 Å². The van der Waals surface area contributed by atoms with E-state index in [0.717, 1.165) is 6.07 Å². The van der Waals surface area contributed by atoms with Crippen LogP contribution in [0.1, 0.15) is 12.1 Å². The minimum Gasteiger partial charge on any atom is -0.508 e. The fourth-order valence-corrected chi connectivity index (χ4v) is 2.20. The number of carbonyl (C=O) groups excluding carboxylic acids is 1. The van der Waals surface area contributed by atoms with Gasteiger partial charge in [-0.2, -0.15) is 0 Å². The van der Waals surface area contributed by atoms with Gasteiger partial charge in [-0.1, -0.05) is 11.6 Å². The lowest BCUT2D eigenvalue weighted by atomic mass is 10.2. The first-order chi connectivity index (χ1) is 10.4. The molecule has 1 aromatic heterocycles. The Morgan fingerprint density at radius 3 is 2.68 bits per heavy atom. The molecule has 6 nitrogen and oxygen atoms in total. The van der Waals surface area contributed by atoms with Gasteiger partial charge in [0.15, 0.2) is 0 Å². The number of carbonyl (C=O) groups is 1. The number of aromatic hydroxyl groups is 2. The molecule has 0 unspecified atom stereocenters. The predicted octanol–water partition coefficient (Wildman–Crippen LogP) is 2.25. The van der Waals surface area contributed by atoms with Crippen LogP contribution >= 0.6 is 11.6 Å². The van der Waals surface area contributed by atoms with Crippen molar-refractivity contribution in [3.8, 4) is 11.5 Å². The number of aryl methyl sites for hydroxylation is 1. The summed E-state index contributed by atoms with van der Waals surface area (Å²) in [4.78, 5) is 23.7. The van der Waals surface area contributed by atoms with E-state index in [1.165, 1.54) is 28.8 Å². The van der Waals surface area contributed by atoms with E-state index in [2.05, 4.69) is 5.32 Å².